The Balaban J connectivity index is 2.39. The second kappa shape index (κ2) is 4.84. The molecule has 2 aromatic carbocycles. The third-order valence-corrected chi connectivity index (χ3v) is 3.38. The number of rotatable bonds is 2. The van der Waals surface area contributed by atoms with Gasteiger partial charge in [0, 0.05) is 17.1 Å². The maximum atomic E-state index is 9.79. The summed E-state index contributed by atoms with van der Waals surface area (Å²) in [6.45, 7) is 7.81. The number of nitrogen functional groups attached to an aromatic ring is 1. The molecule has 4 N–H and O–H groups in total. The number of anilines is 3. The van der Waals surface area contributed by atoms with E-state index in [1.807, 2.05) is 52.0 Å². The maximum Gasteiger partial charge on any atom is 0.121 e. The van der Waals surface area contributed by atoms with Gasteiger partial charge in [-0.05, 0) is 74.2 Å². The van der Waals surface area contributed by atoms with Crippen molar-refractivity contribution in [2.75, 3.05) is 11.1 Å². The quantitative estimate of drug-likeness (QED) is 0.563. The first kappa shape index (κ1) is 13.3. The standard InChI is InChI=1S/C16H20N2O/c1-9-8-15(10(2)7-14(9)17)18-13-5-11(3)16(19)12(4)6-13/h5-8,18-19H,17H2,1-4H3. The van der Waals surface area contributed by atoms with Crippen molar-refractivity contribution in [1.82, 2.24) is 0 Å². The van der Waals surface area contributed by atoms with Crippen molar-refractivity contribution in [1.29, 1.82) is 0 Å². The first-order chi connectivity index (χ1) is 8.88. The fourth-order valence-electron chi connectivity index (χ4n) is 2.16. The van der Waals surface area contributed by atoms with Crippen molar-refractivity contribution in [3.05, 3.63) is 46.5 Å². The minimum absolute atomic E-state index is 0.357. The van der Waals surface area contributed by atoms with E-state index in [-0.39, 0.29) is 0 Å². The van der Waals surface area contributed by atoms with Crippen LogP contribution in [0, 0.1) is 27.7 Å². The first-order valence-electron chi connectivity index (χ1n) is 6.32. The Bertz CT molecular complexity index is 610. The number of aromatic hydroxyl groups is 1. The molecular formula is C16H20N2O. The molecule has 0 aliphatic rings. The molecular weight excluding hydrogens is 236 g/mol. The molecule has 0 aromatic heterocycles. The molecule has 0 bridgehead atoms. The topological polar surface area (TPSA) is 58.3 Å². The lowest BCUT2D eigenvalue weighted by Crippen LogP contribution is -1.98. The average Bonchev–Trinajstić information content (AvgIpc) is 2.33. The minimum atomic E-state index is 0.357. The van der Waals surface area contributed by atoms with Gasteiger partial charge in [-0.25, -0.2) is 0 Å². The zero-order valence-electron chi connectivity index (χ0n) is 11.8. The Morgan fingerprint density at radius 1 is 0.842 bits per heavy atom. The van der Waals surface area contributed by atoms with E-state index in [0.717, 1.165) is 39.3 Å². The van der Waals surface area contributed by atoms with E-state index in [2.05, 4.69) is 5.32 Å². The number of hydrogen-bond donors (Lipinski definition) is 3. The highest BCUT2D eigenvalue weighted by molar-refractivity contribution is 5.69. The highest BCUT2D eigenvalue weighted by Gasteiger charge is 2.06. The van der Waals surface area contributed by atoms with Crippen molar-refractivity contribution >= 4 is 17.1 Å². The van der Waals surface area contributed by atoms with Crippen molar-refractivity contribution < 1.29 is 5.11 Å². The highest BCUT2D eigenvalue weighted by atomic mass is 16.3. The molecule has 0 unspecified atom stereocenters. The van der Waals surface area contributed by atoms with Gasteiger partial charge in [0.1, 0.15) is 5.75 Å². The van der Waals surface area contributed by atoms with Crippen LogP contribution in [-0.4, -0.2) is 5.11 Å². The second-order valence-electron chi connectivity index (χ2n) is 5.11. The number of phenols is 1. The lowest BCUT2D eigenvalue weighted by Gasteiger charge is -2.14. The molecule has 2 rings (SSSR count). The summed E-state index contributed by atoms with van der Waals surface area (Å²) in [5.41, 5.74) is 12.6. The number of aryl methyl sites for hydroxylation is 4. The van der Waals surface area contributed by atoms with E-state index in [1.165, 1.54) is 0 Å². The van der Waals surface area contributed by atoms with Crippen LogP contribution in [0.4, 0.5) is 17.1 Å². The molecule has 0 fully saturated rings. The smallest absolute Gasteiger partial charge is 0.121 e. The van der Waals surface area contributed by atoms with Crippen LogP contribution in [0.15, 0.2) is 24.3 Å². The molecule has 0 radical (unpaired) electrons. The van der Waals surface area contributed by atoms with E-state index >= 15 is 0 Å². The Morgan fingerprint density at radius 3 is 2.00 bits per heavy atom. The maximum absolute atomic E-state index is 9.79. The SMILES string of the molecule is Cc1cc(Nc2cc(C)c(O)c(C)c2)c(C)cc1N. The molecule has 3 heteroatoms. The number of hydrogen-bond acceptors (Lipinski definition) is 3. The molecule has 0 spiro atoms. The van der Waals surface area contributed by atoms with Crippen LogP contribution in [0.1, 0.15) is 22.3 Å². The zero-order valence-corrected chi connectivity index (χ0v) is 11.8. The van der Waals surface area contributed by atoms with Crippen LogP contribution in [0.3, 0.4) is 0 Å². The van der Waals surface area contributed by atoms with Gasteiger partial charge in [0.25, 0.3) is 0 Å². The highest BCUT2D eigenvalue weighted by Crippen LogP contribution is 2.30. The fraction of sp³-hybridized carbons (Fsp3) is 0.250. The molecule has 19 heavy (non-hydrogen) atoms. The number of phenolic OH excluding ortho intramolecular Hbond substituents is 1. The third-order valence-electron chi connectivity index (χ3n) is 3.38. The van der Waals surface area contributed by atoms with Crippen LogP contribution < -0.4 is 11.1 Å². The largest absolute Gasteiger partial charge is 0.507 e. The zero-order chi connectivity index (χ0) is 14.2. The molecule has 2 aromatic rings. The predicted molar refractivity (Wildman–Crippen MR) is 81.2 cm³/mol. The van der Waals surface area contributed by atoms with E-state index in [1.54, 1.807) is 0 Å². The summed E-state index contributed by atoms with van der Waals surface area (Å²) >= 11 is 0. The Hall–Kier alpha value is -2.16. The summed E-state index contributed by atoms with van der Waals surface area (Å²) < 4.78 is 0. The Kier molecular flexibility index (Phi) is 3.38. The fourth-order valence-corrected chi connectivity index (χ4v) is 2.16. The van der Waals surface area contributed by atoms with E-state index in [9.17, 15) is 5.11 Å². The van der Waals surface area contributed by atoms with Crippen LogP contribution >= 0.6 is 0 Å². The van der Waals surface area contributed by atoms with Gasteiger partial charge in [-0.3, -0.25) is 0 Å². The van der Waals surface area contributed by atoms with Crippen molar-refractivity contribution in [3.8, 4) is 5.75 Å². The molecule has 0 atom stereocenters. The summed E-state index contributed by atoms with van der Waals surface area (Å²) in [7, 11) is 0. The van der Waals surface area contributed by atoms with Crippen LogP contribution in [0.25, 0.3) is 0 Å². The molecule has 0 aliphatic heterocycles. The molecule has 0 heterocycles. The second-order valence-corrected chi connectivity index (χ2v) is 5.11. The summed E-state index contributed by atoms with van der Waals surface area (Å²) in [6.07, 6.45) is 0. The third kappa shape index (κ3) is 2.65. The minimum Gasteiger partial charge on any atom is -0.507 e. The molecule has 3 nitrogen and oxygen atoms in total. The molecule has 0 amide bonds. The normalized spacial score (nSPS) is 10.5. The van der Waals surface area contributed by atoms with Gasteiger partial charge in [-0.1, -0.05) is 0 Å². The Labute approximate surface area is 114 Å². The van der Waals surface area contributed by atoms with Crippen molar-refractivity contribution in [2.45, 2.75) is 27.7 Å². The molecule has 0 aliphatic carbocycles. The average molecular weight is 256 g/mol. The van der Waals surface area contributed by atoms with E-state index in [4.69, 9.17) is 5.73 Å². The lowest BCUT2D eigenvalue weighted by molar-refractivity contribution is 0.467. The van der Waals surface area contributed by atoms with Gasteiger partial charge in [0.2, 0.25) is 0 Å². The van der Waals surface area contributed by atoms with E-state index in [0.29, 0.717) is 5.75 Å². The number of nitrogens with two attached hydrogens (primary N) is 1. The summed E-state index contributed by atoms with van der Waals surface area (Å²) in [4.78, 5) is 0. The Morgan fingerprint density at radius 2 is 1.42 bits per heavy atom. The number of benzene rings is 2. The van der Waals surface area contributed by atoms with Crippen molar-refractivity contribution in [3.63, 3.8) is 0 Å². The van der Waals surface area contributed by atoms with Gasteiger partial charge in [-0.15, -0.1) is 0 Å². The lowest BCUT2D eigenvalue weighted by atomic mass is 10.1. The molecule has 100 valence electrons. The van der Waals surface area contributed by atoms with Gasteiger partial charge >= 0.3 is 0 Å². The molecule has 0 saturated heterocycles. The van der Waals surface area contributed by atoms with Gasteiger partial charge in [0.15, 0.2) is 0 Å². The van der Waals surface area contributed by atoms with Crippen LogP contribution in [-0.2, 0) is 0 Å². The van der Waals surface area contributed by atoms with E-state index < -0.39 is 0 Å². The molecule has 0 saturated carbocycles. The summed E-state index contributed by atoms with van der Waals surface area (Å²) in [5, 5.41) is 13.2. The predicted octanol–water partition coefficient (Wildman–Crippen LogP) is 3.95. The monoisotopic (exact) mass is 256 g/mol. The summed E-state index contributed by atoms with van der Waals surface area (Å²) in [5.74, 6) is 0.357. The van der Waals surface area contributed by atoms with Gasteiger partial charge in [0.05, 0.1) is 0 Å². The van der Waals surface area contributed by atoms with Crippen LogP contribution in [0.2, 0.25) is 0 Å². The van der Waals surface area contributed by atoms with Crippen LogP contribution in [0.5, 0.6) is 5.75 Å². The summed E-state index contributed by atoms with van der Waals surface area (Å²) in [6, 6.07) is 7.89. The van der Waals surface area contributed by atoms with Gasteiger partial charge in [-0.2, -0.15) is 0 Å². The first-order valence-corrected chi connectivity index (χ1v) is 6.32. The number of nitrogens with one attached hydrogen (secondary N) is 1. The van der Waals surface area contributed by atoms with Crippen molar-refractivity contribution in [2.24, 2.45) is 0 Å². The van der Waals surface area contributed by atoms with Gasteiger partial charge < -0.3 is 16.2 Å².